The van der Waals surface area contributed by atoms with Gasteiger partial charge in [-0.2, -0.15) is 0 Å². The maximum Gasteiger partial charge on any atom is 0.222 e. The summed E-state index contributed by atoms with van der Waals surface area (Å²) in [6.07, 6.45) is 2.48. The van der Waals surface area contributed by atoms with E-state index in [1.165, 1.54) is 6.92 Å². The number of carbonyl (C=O) groups is 2. The summed E-state index contributed by atoms with van der Waals surface area (Å²) in [5.41, 5.74) is 2.80. The van der Waals surface area contributed by atoms with Gasteiger partial charge in [-0.05, 0) is 55.5 Å². The van der Waals surface area contributed by atoms with Gasteiger partial charge in [0.15, 0.2) is 11.5 Å². The number of aromatic nitrogens is 2. The molecule has 0 spiro atoms. The van der Waals surface area contributed by atoms with Gasteiger partial charge in [-0.1, -0.05) is 6.07 Å². The van der Waals surface area contributed by atoms with Crippen LogP contribution in [0.1, 0.15) is 39.5 Å². The summed E-state index contributed by atoms with van der Waals surface area (Å²) in [5.74, 6) is 2.75. The van der Waals surface area contributed by atoms with Crippen LogP contribution in [0, 0.1) is 0 Å². The monoisotopic (exact) mass is 653 g/mol. The summed E-state index contributed by atoms with van der Waals surface area (Å²) >= 11 is 0. The number of anilines is 2. The third-order valence-corrected chi connectivity index (χ3v) is 7.14. The van der Waals surface area contributed by atoms with E-state index in [0.29, 0.717) is 89.4 Å². The third kappa shape index (κ3) is 11.4. The Kier molecular flexibility index (Phi) is 14.5. The van der Waals surface area contributed by atoms with E-state index in [4.69, 9.17) is 28.8 Å². The minimum atomic E-state index is -0.0522. The Morgan fingerprint density at radius 2 is 1.57 bits per heavy atom. The molecule has 2 aliphatic rings. The molecule has 1 aliphatic heterocycles. The number of aromatic amines is 2. The second-order valence-electron chi connectivity index (χ2n) is 10.8. The Hall–Kier alpha value is -4.46. The summed E-state index contributed by atoms with van der Waals surface area (Å²) in [5, 5.41) is 26.7. The van der Waals surface area contributed by atoms with Crippen LogP contribution >= 0.6 is 0 Å². The molecule has 0 saturated carbocycles. The van der Waals surface area contributed by atoms with E-state index in [2.05, 4.69) is 32.2 Å². The smallest absolute Gasteiger partial charge is 0.222 e. The van der Waals surface area contributed by atoms with Gasteiger partial charge in [0.2, 0.25) is 11.8 Å². The van der Waals surface area contributed by atoms with E-state index < -0.39 is 0 Å². The molecule has 13 heteroatoms. The number of H-pyrrole nitrogens is 2. The summed E-state index contributed by atoms with van der Waals surface area (Å²) in [4.78, 5) is 22.7. The van der Waals surface area contributed by atoms with Crippen LogP contribution in [0.15, 0.2) is 42.5 Å². The molecule has 6 N–H and O–H groups in total. The first kappa shape index (κ1) is 35.4. The predicted octanol–water partition coefficient (Wildman–Crippen LogP) is 4.34. The zero-order valence-corrected chi connectivity index (χ0v) is 27.2. The van der Waals surface area contributed by atoms with Crippen molar-refractivity contribution in [3.05, 3.63) is 42.5 Å². The Balaban J connectivity index is 1.15. The number of aliphatic hydroxyl groups excluding tert-OH is 1. The highest BCUT2D eigenvalue weighted by Gasteiger charge is 2.20. The second-order valence-corrected chi connectivity index (χ2v) is 10.8. The molecule has 13 nitrogen and oxygen atoms in total. The highest BCUT2D eigenvalue weighted by molar-refractivity contribution is 6.05. The van der Waals surface area contributed by atoms with E-state index in [1.807, 2.05) is 43.3 Å². The number of fused-ring (bicyclic) bond motifs is 3. The lowest BCUT2D eigenvalue weighted by Gasteiger charge is -2.12. The van der Waals surface area contributed by atoms with Gasteiger partial charge in [-0.25, -0.2) is 0 Å². The molecule has 2 aromatic carbocycles. The van der Waals surface area contributed by atoms with Crippen molar-refractivity contribution in [2.24, 2.45) is 0 Å². The normalized spacial score (nSPS) is 11.1. The molecular weight excluding hydrogens is 606 g/mol. The fourth-order valence-corrected chi connectivity index (χ4v) is 4.88. The minimum Gasteiger partial charge on any atom is -0.491 e. The SMILES string of the molecule is CCOc1cc2cc3c(Nc4cccc(OCCOCCOCCC(=O)NCCCCNC(C)=O)c4)[nH][nH]c-3c2cc1OCCCO. The molecule has 2 amide bonds. The molecule has 0 aromatic heterocycles. The second kappa shape index (κ2) is 19.3. The first-order valence-corrected chi connectivity index (χ1v) is 16.2. The van der Waals surface area contributed by atoms with Crippen molar-refractivity contribution < 1.29 is 38.4 Å². The Labute approximate surface area is 274 Å². The van der Waals surface area contributed by atoms with Crippen LogP contribution < -0.4 is 30.2 Å². The number of amides is 2. The number of hydrogen-bond donors (Lipinski definition) is 6. The van der Waals surface area contributed by atoms with Gasteiger partial charge in [-0.3, -0.25) is 19.8 Å². The van der Waals surface area contributed by atoms with Crippen LogP contribution in [0.2, 0.25) is 0 Å². The molecule has 4 rings (SSSR count). The highest BCUT2D eigenvalue weighted by Crippen LogP contribution is 2.43. The third-order valence-electron chi connectivity index (χ3n) is 7.14. The number of hydrogen-bond acceptors (Lipinski definition) is 9. The van der Waals surface area contributed by atoms with Crippen molar-refractivity contribution in [1.82, 2.24) is 20.8 Å². The molecule has 1 aliphatic carbocycles. The fraction of sp³-hybridized carbons (Fsp3) is 0.471. The first-order valence-electron chi connectivity index (χ1n) is 16.2. The maximum atomic E-state index is 11.8. The molecule has 0 unspecified atom stereocenters. The Bertz CT molecular complexity index is 1500. The highest BCUT2D eigenvalue weighted by atomic mass is 16.5. The van der Waals surface area contributed by atoms with Crippen molar-refractivity contribution in [2.45, 2.75) is 39.5 Å². The van der Waals surface area contributed by atoms with Gasteiger partial charge in [0.05, 0.1) is 45.3 Å². The van der Waals surface area contributed by atoms with Gasteiger partial charge in [0.1, 0.15) is 18.2 Å². The summed E-state index contributed by atoms with van der Waals surface area (Å²) in [7, 11) is 0. The van der Waals surface area contributed by atoms with Gasteiger partial charge >= 0.3 is 0 Å². The van der Waals surface area contributed by atoms with Gasteiger partial charge in [0, 0.05) is 62.2 Å². The van der Waals surface area contributed by atoms with Crippen LogP contribution in [0.4, 0.5) is 11.5 Å². The molecule has 256 valence electrons. The molecule has 0 fully saturated rings. The molecule has 2 aromatic rings. The van der Waals surface area contributed by atoms with Crippen molar-refractivity contribution in [2.75, 3.05) is 71.3 Å². The van der Waals surface area contributed by atoms with Crippen LogP contribution in [-0.2, 0) is 19.1 Å². The Morgan fingerprint density at radius 3 is 2.36 bits per heavy atom. The van der Waals surface area contributed by atoms with Gasteiger partial charge < -0.3 is 44.7 Å². The van der Waals surface area contributed by atoms with E-state index in [0.717, 1.165) is 46.4 Å². The number of unbranched alkanes of at least 4 members (excludes halogenated alkanes) is 1. The molecule has 0 radical (unpaired) electrons. The Morgan fingerprint density at radius 1 is 0.809 bits per heavy atom. The number of aliphatic hydroxyl groups is 1. The molecular formula is C34H47N5O8. The van der Waals surface area contributed by atoms with Crippen molar-refractivity contribution in [3.63, 3.8) is 0 Å². The molecule has 0 bridgehead atoms. The van der Waals surface area contributed by atoms with Crippen molar-refractivity contribution in [1.29, 1.82) is 0 Å². The average Bonchev–Trinajstić information content (AvgIpc) is 3.61. The van der Waals surface area contributed by atoms with Crippen LogP contribution in [0.5, 0.6) is 17.2 Å². The standard InChI is InChI=1S/C34H47N5O8/c1-3-45-30-21-25-20-29-33(28(25)23-31(30)47-14-7-13-40)38-39-34(29)37-26-8-6-9-27(22-26)46-19-18-44-17-16-43-15-10-32(42)36-12-5-4-11-35-24(2)41/h6,8-9,20-23,37-40H,3-5,7,10-19H2,1-2H3,(H,35,41)(H,36,42). The van der Waals surface area contributed by atoms with E-state index in [1.54, 1.807) is 0 Å². The van der Waals surface area contributed by atoms with Crippen LogP contribution in [0.25, 0.3) is 22.0 Å². The van der Waals surface area contributed by atoms with Crippen LogP contribution in [-0.4, -0.2) is 93.1 Å². The van der Waals surface area contributed by atoms with Gasteiger partial charge in [-0.15, -0.1) is 0 Å². The van der Waals surface area contributed by atoms with E-state index >= 15 is 0 Å². The summed E-state index contributed by atoms with van der Waals surface area (Å²) < 4.78 is 28.7. The maximum absolute atomic E-state index is 11.8. The quantitative estimate of drug-likeness (QED) is 0.0638. The van der Waals surface area contributed by atoms with Gasteiger partial charge in [0.25, 0.3) is 0 Å². The number of carbonyl (C=O) groups excluding carboxylic acids is 2. The van der Waals surface area contributed by atoms with Crippen molar-refractivity contribution in [3.8, 4) is 28.5 Å². The van der Waals surface area contributed by atoms with Crippen LogP contribution in [0.3, 0.4) is 0 Å². The predicted molar refractivity (Wildman–Crippen MR) is 180 cm³/mol. The average molecular weight is 654 g/mol. The van der Waals surface area contributed by atoms with E-state index in [9.17, 15) is 9.59 Å². The molecule has 0 atom stereocenters. The number of benzene rings is 2. The molecule has 0 saturated heterocycles. The molecule has 47 heavy (non-hydrogen) atoms. The summed E-state index contributed by atoms with van der Waals surface area (Å²) in [6, 6.07) is 13.7. The topological polar surface area (TPSA) is 168 Å². The lowest BCUT2D eigenvalue weighted by atomic mass is 10.2. The zero-order valence-electron chi connectivity index (χ0n) is 27.2. The number of rotatable bonds is 23. The lowest BCUT2D eigenvalue weighted by Crippen LogP contribution is -2.27. The largest absolute Gasteiger partial charge is 0.491 e. The lowest BCUT2D eigenvalue weighted by molar-refractivity contribution is -0.122. The summed E-state index contributed by atoms with van der Waals surface area (Å²) in [6.45, 7) is 7.54. The number of ether oxygens (including phenoxy) is 5. The molecule has 1 heterocycles. The minimum absolute atomic E-state index is 0.0430. The van der Waals surface area contributed by atoms with Crippen molar-refractivity contribution >= 4 is 34.1 Å². The first-order chi connectivity index (χ1) is 23.0. The van der Waals surface area contributed by atoms with E-state index in [-0.39, 0.29) is 18.4 Å². The number of nitrogens with one attached hydrogen (secondary N) is 5. The zero-order chi connectivity index (χ0) is 33.3. The fourth-order valence-electron chi connectivity index (χ4n) is 4.88.